The topological polar surface area (TPSA) is 258 Å². The second kappa shape index (κ2) is 13.4. The molecule has 2 fully saturated rings. The minimum absolute atomic E-state index is 0.0682. The van der Waals surface area contributed by atoms with Gasteiger partial charge < -0.3 is 70.4 Å². The summed E-state index contributed by atoms with van der Waals surface area (Å²) in [5.74, 6) is 0. The second-order valence-electron chi connectivity index (χ2n) is 7.97. The Bertz CT molecular complexity index is 631. The maximum absolute atomic E-state index is 11.1. The summed E-state index contributed by atoms with van der Waals surface area (Å²) in [6.07, 6.45) is -16.1. The summed E-state index contributed by atoms with van der Waals surface area (Å²) in [4.78, 5) is 11.1. The van der Waals surface area contributed by atoms with Crippen molar-refractivity contribution in [1.82, 2.24) is 0 Å². The third-order valence-corrected chi connectivity index (χ3v) is 8.71. The molecule has 0 aromatic heterocycles. The van der Waals surface area contributed by atoms with Crippen LogP contribution in [0.1, 0.15) is 0 Å². The van der Waals surface area contributed by atoms with Crippen LogP contribution in [0.3, 0.4) is 0 Å². The Hall–Kier alpha value is -0.150. The van der Waals surface area contributed by atoms with Crippen molar-refractivity contribution in [2.24, 2.45) is 0 Å². The van der Waals surface area contributed by atoms with Crippen molar-refractivity contribution in [2.45, 2.75) is 82.4 Å². The number of ether oxygens (including phenoxy) is 2. The van der Waals surface area contributed by atoms with E-state index in [4.69, 9.17) is 14.6 Å². The molecule has 2 rings (SSSR count). The summed E-state index contributed by atoms with van der Waals surface area (Å²) < 4.78 is 10.8. The van der Waals surface area contributed by atoms with E-state index < -0.39 is 102 Å². The molecule has 0 saturated carbocycles. The average molecular weight is 537 g/mol. The van der Waals surface area contributed by atoms with E-state index in [0.29, 0.717) is 23.5 Å². The fraction of sp³-hybridized carbons (Fsp3) is 0.944. The zero-order valence-electron chi connectivity index (χ0n) is 17.7. The highest BCUT2D eigenvalue weighted by Crippen LogP contribution is 2.41. The van der Waals surface area contributed by atoms with Crippen LogP contribution in [0, 0.1) is 0 Å². The predicted octanol–water partition coefficient (Wildman–Crippen LogP) is -6.30. The lowest BCUT2D eigenvalue weighted by Gasteiger charge is -2.46. The van der Waals surface area contributed by atoms with Crippen molar-refractivity contribution in [1.29, 1.82) is 0 Å². The maximum atomic E-state index is 11.1. The van der Waals surface area contributed by atoms with E-state index in [2.05, 4.69) is 0 Å². The van der Waals surface area contributed by atoms with Crippen LogP contribution in [0.15, 0.2) is 0 Å². The Kier molecular flexibility index (Phi) is 11.9. The van der Waals surface area contributed by atoms with Crippen molar-refractivity contribution < 1.29 is 70.4 Å². The second-order valence-corrected chi connectivity index (χ2v) is 10.5. The summed E-state index contributed by atoms with van der Waals surface area (Å²) in [7, 11) is 0. The molecular weight excluding hydrogens is 504 g/mol. The van der Waals surface area contributed by atoms with Gasteiger partial charge in [-0.25, -0.2) is 0 Å². The van der Waals surface area contributed by atoms with E-state index in [1.165, 1.54) is 0 Å². The molecule has 0 bridgehead atoms. The Balaban J connectivity index is 2.25. The summed E-state index contributed by atoms with van der Waals surface area (Å²) >= 11 is 1.14. The lowest BCUT2D eigenvalue weighted by Crippen LogP contribution is -2.61. The average Bonchev–Trinajstić information content (AvgIpc) is 2.84. The first-order valence-corrected chi connectivity index (χ1v) is 12.2. The highest BCUT2D eigenvalue weighted by molar-refractivity contribution is 8.01. The van der Waals surface area contributed by atoms with Gasteiger partial charge in [0.25, 0.3) is 0 Å². The molecule has 0 aromatic rings. The molecule has 0 radical (unpaired) electrons. The van der Waals surface area contributed by atoms with Crippen LogP contribution in [0.25, 0.3) is 0 Å². The minimum Gasteiger partial charge on any atom is -0.394 e. The Morgan fingerprint density at radius 1 is 0.765 bits per heavy atom. The highest BCUT2D eigenvalue weighted by Gasteiger charge is 2.51. The van der Waals surface area contributed by atoms with Crippen LogP contribution in [-0.4, -0.2) is 165 Å². The summed E-state index contributed by atoms with van der Waals surface area (Å²) in [6, 6.07) is 0. The van der Waals surface area contributed by atoms with Crippen LogP contribution < -0.4 is 0 Å². The van der Waals surface area contributed by atoms with Gasteiger partial charge in [0.1, 0.15) is 66.0 Å². The smallest absolute Gasteiger partial charge is 0.149 e. The van der Waals surface area contributed by atoms with E-state index in [9.17, 15) is 55.9 Å². The molecule has 2 aliphatic heterocycles. The van der Waals surface area contributed by atoms with E-state index in [1.54, 1.807) is 0 Å². The molecule has 14 atom stereocenters. The van der Waals surface area contributed by atoms with E-state index in [0.717, 1.165) is 0 Å². The largest absolute Gasteiger partial charge is 0.394 e. The number of carbonyl (C=O) groups excluding carboxylic acids is 1. The molecule has 200 valence electrons. The van der Waals surface area contributed by atoms with Crippen LogP contribution in [0.5, 0.6) is 0 Å². The maximum Gasteiger partial charge on any atom is 0.149 e. The van der Waals surface area contributed by atoms with E-state index >= 15 is 0 Å². The zero-order valence-corrected chi connectivity index (χ0v) is 19.4. The predicted molar refractivity (Wildman–Crippen MR) is 115 cm³/mol. The fourth-order valence-corrected chi connectivity index (χ4v) is 6.58. The van der Waals surface area contributed by atoms with Gasteiger partial charge in [-0.2, -0.15) is 0 Å². The first-order valence-electron chi connectivity index (χ1n) is 10.4. The van der Waals surface area contributed by atoms with Crippen molar-refractivity contribution in [2.75, 3.05) is 19.8 Å². The molecule has 0 spiro atoms. The Morgan fingerprint density at radius 3 is 1.85 bits per heavy atom. The standard InChI is InChI=1S/C18H32O14S2/c19-1-5(23)9(25)15(6(24)2-20)33-18-14(30)16(11(27)8(4-22)32-18)34-17-13(29)12(28)10(26)7(3-21)31-17/h2,5-19,21-30H,1,3-4H2/t5-,6+,7-,8-,9-,10-,11-,12+,13-,14-,15-,16+,17+,18+/m1/s1. The molecule has 2 saturated heterocycles. The number of aldehydes is 1. The molecule has 11 N–H and O–H groups in total. The van der Waals surface area contributed by atoms with Gasteiger partial charge in [-0.05, 0) is 0 Å². The number of aliphatic hydroxyl groups excluding tert-OH is 11. The van der Waals surface area contributed by atoms with Crippen LogP contribution in [-0.2, 0) is 14.3 Å². The first kappa shape index (κ1) is 30.1. The molecule has 0 aromatic carbocycles. The number of hydrogen-bond donors (Lipinski definition) is 11. The van der Waals surface area contributed by atoms with Crippen molar-refractivity contribution in [3.8, 4) is 0 Å². The molecule has 14 nitrogen and oxygen atoms in total. The molecule has 16 heteroatoms. The molecule has 2 aliphatic rings. The molecule has 0 unspecified atom stereocenters. The van der Waals surface area contributed by atoms with Gasteiger partial charge in [-0.1, -0.05) is 0 Å². The molecule has 34 heavy (non-hydrogen) atoms. The quantitative estimate of drug-likeness (QED) is 0.110. The SMILES string of the molecule is O=C[C@H](O)[C@@H](S[C@@H]1O[C@H](CO)[C@@H](O)[C@H](S[C@@H]2O[C@H](CO)[C@@H](O)[C@H](O)[C@H]2O)[C@H]1O)[C@H](O)[C@H](O)CO. The summed E-state index contributed by atoms with van der Waals surface area (Å²) in [5, 5.41) is 107. The number of hydrogen-bond acceptors (Lipinski definition) is 16. The van der Waals surface area contributed by atoms with E-state index in [-0.39, 0.29) is 6.29 Å². The van der Waals surface area contributed by atoms with Crippen LogP contribution in [0.2, 0.25) is 0 Å². The van der Waals surface area contributed by atoms with Gasteiger partial charge in [-0.15, -0.1) is 23.5 Å². The van der Waals surface area contributed by atoms with Gasteiger partial charge in [0.05, 0.1) is 42.5 Å². The monoisotopic (exact) mass is 536 g/mol. The van der Waals surface area contributed by atoms with Gasteiger partial charge in [0.2, 0.25) is 0 Å². The third-order valence-electron chi connectivity index (χ3n) is 5.65. The van der Waals surface area contributed by atoms with Crippen molar-refractivity contribution in [3.05, 3.63) is 0 Å². The zero-order chi connectivity index (χ0) is 25.7. The van der Waals surface area contributed by atoms with Gasteiger partial charge in [-0.3, -0.25) is 0 Å². The third kappa shape index (κ3) is 6.58. The highest BCUT2D eigenvalue weighted by atomic mass is 32.2. The Morgan fingerprint density at radius 2 is 1.32 bits per heavy atom. The number of thioether (sulfide) groups is 2. The summed E-state index contributed by atoms with van der Waals surface area (Å²) in [5.41, 5.74) is -2.74. The van der Waals surface area contributed by atoms with Crippen molar-refractivity contribution in [3.63, 3.8) is 0 Å². The fourth-order valence-electron chi connectivity index (χ4n) is 3.58. The van der Waals surface area contributed by atoms with Gasteiger partial charge >= 0.3 is 0 Å². The van der Waals surface area contributed by atoms with Gasteiger partial charge in [0, 0.05) is 0 Å². The van der Waals surface area contributed by atoms with Crippen LogP contribution in [0.4, 0.5) is 0 Å². The van der Waals surface area contributed by atoms with Crippen LogP contribution >= 0.6 is 23.5 Å². The van der Waals surface area contributed by atoms with E-state index in [1.807, 2.05) is 0 Å². The molecule has 0 amide bonds. The normalized spacial score (nSPS) is 42.6. The molecule has 2 heterocycles. The van der Waals surface area contributed by atoms with Gasteiger partial charge in [0.15, 0.2) is 0 Å². The minimum atomic E-state index is -1.85. The lowest BCUT2D eigenvalue weighted by molar-refractivity contribution is -0.206. The molecule has 0 aliphatic carbocycles. The number of aliphatic hydroxyl groups is 11. The number of carbonyl (C=O) groups is 1. The Labute approximate surface area is 202 Å². The number of rotatable bonds is 11. The van der Waals surface area contributed by atoms with Crippen molar-refractivity contribution >= 4 is 29.8 Å². The first-order chi connectivity index (χ1) is 16.0. The summed E-state index contributed by atoms with van der Waals surface area (Å²) in [6.45, 7) is -2.33. The lowest BCUT2D eigenvalue weighted by atomic mass is 10.0. The molecular formula is C18H32O14S2.